The van der Waals surface area contributed by atoms with Gasteiger partial charge in [-0.1, -0.05) is 12.1 Å². The van der Waals surface area contributed by atoms with Crippen molar-refractivity contribution in [1.29, 1.82) is 0 Å². The van der Waals surface area contributed by atoms with Gasteiger partial charge in [0.1, 0.15) is 11.9 Å². The van der Waals surface area contributed by atoms with E-state index in [2.05, 4.69) is 11.5 Å². The minimum absolute atomic E-state index is 0.0503. The molecule has 6 nitrogen and oxygen atoms in total. The number of piperidine rings is 1. The molecule has 0 radical (unpaired) electrons. The van der Waals surface area contributed by atoms with Gasteiger partial charge in [0.15, 0.2) is 0 Å². The van der Waals surface area contributed by atoms with Crippen LogP contribution in [0.3, 0.4) is 0 Å². The van der Waals surface area contributed by atoms with E-state index in [4.69, 9.17) is 10.5 Å². The average molecular weight is 356 g/mol. The van der Waals surface area contributed by atoms with Crippen LogP contribution < -0.4 is 10.5 Å². The summed E-state index contributed by atoms with van der Waals surface area (Å²) in [5, 5.41) is 22.7. The molecule has 26 heavy (non-hydrogen) atoms. The second kappa shape index (κ2) is 5.09. The number of nitrogens with zero attached hydrogens (tertiary/aromatic N) is 1. The maximum Gasteiger partial charge on any atom is 0.252 e. The van der Waals surface area contributed by atoms with Crippen LogP contribution in [0.1, 0.15) is 40.7 Å². The van der Waals surface area contributed by atoms with Gasteiger partial charge in [-0.15, -0.1) is 6.58 Å². The van der Waals surface area contributed by atoms with Gasteiger partial charge in [-0.3, -0.25) is 9.69 Å². The first-order valence-electron chi connectivity index (χ1n) is 9.32. The highest BCUT2D eigenvalue weighted by molar-refractivity contribution is 5.97. The first kappa shape index (κ1) is 16.3. The van der Waals surface area contributed by atoms with Crippen molar-refractivity contribution in [3.05, 3.63) is 41.5 Å². The molecule has 138 valence electrons. The second-order valence-corrected chi connectivity index (χ2v) is 8.13. The largest absolute Gasteiger partial charge is 0.486 e. The summed E-state index contributed by atoms with van der Waals surface area (Å²) in [6, 6.07) is 3.61. The van der Waals surface area contributed by atoms with Gasteiger partial charge in [-0.05, 0) is 43.9 Å². The van der Waals surface area contributed by atoms with Crippen LogP contribution in [0.5, 0.6) is 5.75 Å². The van der Waals surface area contributed by atoms with Crippen LogP contribution in [0.4, 0.5) is 0 Å². The molecule has 4 N–H and O–H groups in total. The van der Waals surface area contributed by atoms with Crippen molar-refractivity contribution in [3.8, 4) is 5.75 Å². The molecule has 1 saturated carbocycles. The second-order valence-electron chi connectivity index (χ2n) is 8.13. The van der Waals surface area contributed by atoms with E-state index in [-0.39, 0.29) is 6.04 Å². The molecule has 4 aliphatic rings. The van der Waals surface area contributed by atoms with E-state index in [0.29, 0.717) is 37.0 Å². The van der Waals surface area contributed by atoms with Crippen LogP contribution >= 0.6 is 0 Å². The molecule has 2 heterocycles. The summed E-state index contributed by atoms with van der Waals surface area (Å²) in [5.74, 6) is -0.0583. The summed E-state index contributed by atoms with van der Waals surface area (Å²) in [6.45, 7) is 5.38. The maximum absolute atomic E-state index is 12.0. The lowest BCUT2D eigenvalue weighted by molar-refractivity contribution is -0.206. The van der Waals surface area contributed by atoms with Crippen molar-refractivity contribution in [3.63, 3.8) is 0 Å². The van der Waals surface area contributed by atoms with E-state index < -0.39 is 29.1 Å². The van der Waals surface area contributed by atoms with Crippen LogP contribution in [0.15, 0.2) is 24.8 Å². The minimum Gasteiger partial charge on any atom is -0.486 e. The molecule has 1 saturated heterocycles. The van der Waals surface area contributed by atoms with Gasteiger partial charge in [0.25, 0.3) is 5.91 Å². The molecule has 6 heteroatoms. The molecule has 2 fully saturated rings. The minimum atomic E-state index is -0.993. The van der Waals surface area contributed by atoms with Crippen molar-refractivity contribution in [2.45, 2.75) is 54.9 Å². The zero-order valence-electron chi connectivity index (χ0n) is 14.6. The summed E-state index contributed by atoms with van der Waals surface area (Å²) in [4.78, 5) is 14.2. The SMILES string of the molecule is C=CCN1CCC23c4c5ccc(C(N)=O)c4OC2C(O)CCC3(O)C1C5. The Bertz CT molecular complexity index is 824. The predicted octanol–water partition coefficient (Wildman–Crippen LogP) is 0.486. The monoisotopic (exact) mass is 356 g/mol. The van der Waals surface area contributed by atoms with Gasteiger partial charge >= 0.3 is 0 Å². The molecule has 5 rings (SSSR count). The molecule has 5 unspecified atom stereocenters. The van der Waals surface area contributed by atoms with E-state index in [0.717, 1.165) is 24.2 Å². The predicted molar refractivity (Wildman–Crippen MR) is 95.1 cm³/mol. The molecular formula is C20H24N2O4. The van der Waals surface area contributed by atoms with E-state index in [1.54, 1.807) is 6.07 Å². The normalized spacial score (nSPS) is 39.8. The van der Waals surface area contributed by atoms with Crippen LogP contribution in [0.25, 0.3) is 0 Å². The Labute approximate surface area is 152 Å². The molecule has 0 aromatic heterocycles. The number of rotatable bonds is 3. The van der Waals surface area contributed by atoms with Crippen molar-refractivity contribution < 1.29 is 19.7 Å². The molecule has 1 amide bonds. The smallest absolute Gasteiger partial charge is 0.252 e. The van der Waals surface area contributed by atoms with Gasteiger partial charge in [0.2, 0.25) is 0 Å². The Hall–Kier alpha value is -1.89. The third-order valence-corrected chi connectivity index (χ3v) is 7.19. The Kier molecular flexibility index (Phi) is 3.19. The highest BCUT2D eigenvalue weighted by Gasteiger charge is 2.72. The van der Waals surface area contributed by atoms with Crippen molar-refractivity contribution >= 4 is 5.91 Å². The first-order valence-corrected chi connectivity index (χ1v) is 9.32. The Morgan fingerprint density at radius 2 is 2.27 bits per heavy atom. The van der Waals surface area contributed by atoms with Crippen LogP contribution in [0, 0.1) is 0 Å². The Balaban J connectivity index is 1.79. The number of benzene rings is 1. The van der Waals surface area contributed by atoms with Crippen molar-refractivity contribution in [1.82, 2.24) is 4.90 Å². The van der Waals surface area contributed by atoms with Crippen LogP contribution in [-0.2, 0) is 11.8 Å². The van der Waals surface area contributed by atoms with Gasteiger partial charge in [-0.25, -0.2) is 0 Å². The summed E-state index contributed by atoms with van der Waals surface area (Å²) in [5.41, 5.74) is 6.24. The number of likely N-dealkylation sites (tertiary alicyclic amines) is 1. The summed E-state index contributed by atoms with van der Waals surface area (Å²) in [6.07, 6.45) is 3.05. The van der Waals surface area contributed by atoms with Gasteiger partial charge in [-0.2, -0.15) is 0 Å². The fraction of sp³-hybridized carbons (Fsp3) is 0.550. The molecule has 2 aliphatic carbocycles. The highest BCUT2D eigenvalue weighted by Crippen LogP contribution is 2.64. The fourth-order valence-electron chi connectivity index (χ4n) is 6.20. The van der Waals surface area contributed by atoms with Crippen molar-refractivity contribution in [2.75, 3.05) is 13.1 Å². The number of ether oxygens (including phenoxy) is 1. The summed E-state index contributed by atoms with van der Waals surface area (Å²) >= 11 is 0. The van der Waals surface area contributed by atoms with Crippen molar-refractivity contribution in [2.24, 2.45) is 5.73 Å². The Morgan fingerprint density at radius 3 is 3.00 bits per heavy atom. The molecule has 5 atom stereocenters. The molecule has 2 bridgehead atoms. The zero-order valence-corrected chi connectivity index (χ0v) is 14.6. The summed E-state index contributed by atoms with van der Waals surface area (Å²) < 4.78 is 6.19. The maximum atomic E-state index is 12.0. The molecule has 1 aromatic rings. The topological polar surface area (TPSA) is 96.0 Å². The number of carbonyl (C=O) groups excluding carboxylic acids is 1. The van der Waals surface area contributed by atoms with Crippen LogP contribution in [-0.4, -0.2) is 58.0 Å². The molecular weight excluding hydrogens is 332 g/mol. The van der Waals surface area contributed by atoms with Crippen LogP contribution in [0.2, 0.25) is 0 Å². The molecule has 1 aromatic carbocycles. The molecule has 1 spiro atoms. The molecule has 2 aliphatic heterocycles. The average Bonchev–Trinajstić information content (AvgIpc) is 2.95. The quantitative estimate of drug-likeness (QED) is 0.685. The lowest BCUT2D eigenvalue weighted by Crippen LogP contribution is -2.77. The van der Waals surface area contributed by atoms with E-state index in [9.17, 15) is 15.0 Å². The van der Waals surface area contributed by atoms with E-state index in [1.165, 1.54) is 0 Å². The number of aliphatic hydroxyl groups excluding tert-OH is 1. The summed E-state index contributed by atoms with van der Waals surface area (Å²) in [7, 11) is 0. The number of hydrogen-bond donors (Lipinski definition) is 3. The van der Waals surface area contributed by atoms with Gasteiger partial charge in [0.05, 0.1) is 22.7 Å². The number of hydrogen-bond acceptors (Lipinski definition) is 5. The number of nitrogens with two attached hydrogens (primary N) is 1. The van der Waals surface area contributed by atoms with Gasteiger partial charge < -0.3 is 20.7 Å². The van der Waals surface area contributed by atoms with E-state index >= 15 is 0 Å². The standard InChI is InChI=1S/C20H24N2O4/c1-2-8-22-9-7-19-15-11-3-4-12(18(21)24)16(15)26-17(19)13(23)5-6-20(19,25)14(22)10-11/h2-4,13-14,17,23,25H,1,5-10H2,(H2,21,24). The number of carbonyl (C=O) groups is 1. The zero-order chi connectivity index (χ0) is 18.3. The first-order chi connectivity index (χ1) is 12.4. The lowest BCUT2D eigenvalue weighted by atomic mass is 9.48. The number of amides is 1. The number of aliphatic hydroxyl groups is 2. The van der Waals surface area contributed by atoms with E-state index in [1.807, 2.05) is 12.1 Å². The van der Waals surface area contributed by atoms with Gasteiger partial charge in [0, 0.05) is 18.2 Å². The third-order valence-electron chi connectivity index (χ3n) is 7.19. The third kappa shape index (κ3) is 1.66. The highest BCUT2D eigenvalue weighted by atomic mass is 16.5. The fourth-order valence-corrected chi connectivity index (χ4v) is 6.20. The number of primary amides is 1. The lowest BCUT2D eigenvalue weighted by Gasteiger charge is -2.63. The Morgan fingerprint density at radius 1 is 1.46 bits per heavy atom.